The van der Waals surface area contributed by atoms with Gasteiger partial charge in [0.15, 0.2) is 6.61 Å². The largest absolute Gasteiger partial charge is 0.456 e. The Morgan fingerprint density at radius 2 is 1.57 bits per heavy atom. The van der Waals surface area contributed by atoms with Gasteiger partial charge in [0.2, 0.25) is 11.7 Å². The van der Waals surface area contributed by atoms with Gasteiger partial charge in [0.05, 0.1) is 6.42 Å². The van der Waals surface area contributed by atoms with Crippen LogP contribution in [0.1, 0.15) is 32.6 Å². The molecule has 0 aromatic heterocycles. The van der Waals surface area contributed by atoms with Crippen LogP contribution >= 0.6 is 0 Å². The molecule has 3 rings (SSSR count). The number of hydrogen-bond acceptors (Lipinski definition) is 4. The van der Waals surface area contributed by atoms with E-state index < -0.39 is 5.97 Å². The summed E-state index contributed by atoms with van der Waals surface area (Å²) in [4.78, 5) is 36.7. The highest BCUT2D eigenvalue weighted by atomic mass is 16.5. The number of nitrogens with one attached hydrogen (secondary N) is 1. The number of benzene rings is 3. The smallest absolute Gasteiger partial charge is 0.325 e. The molecular weight excluding hydrogens is 378 g/mol. The van der Waals surface area contributed by atoms with Gasteiger partial charge in [-0.2, -0.15) is 0 Å². The van der Waals surface area contributed by atoms with Crippen molar-refractivity contribution < 1.29 is 19.1 Å². The minimum atomic E-state index is -0.642. The minimum absolute atomic E-state index is 0.162. The number of amides is 1. The normalized spacial score (nSPS) is 10.6. The van der Waals surface area contributed by atoms with Gasteiger partial charge in [-0.3, -0.25) is 14.4 Å². The van der Waals surface area contributed by atoms with Crippen molar-refractivity contribution in [3.8, 4) is 0 Å². The molecule has 0 spiro atoms. The fourth-order valence-electron chi connectivity index (χ4n) is 3.74. The summed E-state index contributed by atoms with van der Waals surface area (Å²) in [6, 6.07) is 17.5. The van der Waals surface area contributed by atoms with Crippen molar-refractivity contribution in [3.63, 3.8) is 0 Å². The summed E-state index contributed by atoms with van der Waals surface area (Å²) in [5, 5.41) is 4.63. The summed E-state index contributed by atoms with van der Waals surface area (Å²) in [6.07, 6.45) is 0.162. The fraction of sp³-hybridized carbons (Fsp3) is 0.240. The van der Waals surface area contributed by atoms with Gasteiger partial charge in [-0.1, -0.05) is 60.2 Å². The van der Waals surface area contributed by atoms with Gasteiger partial charge in [-0.25, -0.2) is 0 Å². The molecular formula is C25H25NO4. The highest BCUT2D eigenvalue weighted by Crippen LogP contribution is 2.19. The predicted molar refractivity (Wildman–Crippen MR) is 117 cm³/mol. The van der Waals surface area contributed by atoms with Crippen LogP contribution in [-0.4, -0.2) is 30.8 Å². The van der Waals surface area contributed by atoms with Crippen LogP contribution in [0.4, 0.5) is 0 Å². The van der Waals surface area contributed by atoms with Gasteiger partial charge < -0.3 is 10.1 Å². The number of ether oxygens (including phenoxy) is 1. The first-order valence-electron chi connectivity index (χ1n) is 9.85. The van der Waals surface area contributed by atoms with Crippen molar-refractivity contribution in [1.82, 2.24) is 5.32 Å². The van der Waals surface area contributed by atoms with Gasteiger partial charge in [0.25, 0.3) is 0 Å². The lowest BCUT2D eigenvalue weighted by atomic mass is 9.97. The maximum Gasteiger partial charge on any atom is 0.325 e. The molecule has 0 aliphatic carbocycles. The lowest BCUT2D eigenvalue weighted by Crippen LogP contribution is -2.32. The Balaban J connectivity index is 1.51. The summed E-state index contributed by atoms with van der Waals surface area (Å²) >= 11 is 0. The monoisotopic (exact) mass is 403 g/mol. The quantitative estimate of drug-likeness (QED) is 0.480. The van der Waals surface area contributed by atoms with E-state index in [9.17, 15) is 14.4 Å². The third kappa shape index (κ3) is 5.11. The van der Waals surface area contributed by atoms with Crippen molar-refractivity contribution in [3.05, 3.63) is 82.4 Å². The SMILES string of the molecule is Cc1cc(C)c(C(=O)COC(=O)CNC(=O)Cc2cccc3ccccc23)c(C)c1. The molecule has 1 N–H and O–H groups in total. The first-order valence-corrected chi connectivity index (χ1v) is 9.85. The molecule has 0 saturated heterocycles. The zero-order chi connectivity index (χ0) is 21.7. The lowest BCUT2D eigenvalue weighted by Gasteiger charge is -2.11. The maximum atomic E-state index is 12.4. The molecule has 3 aromatic carbocycles. The second kappa shape index (κ2) is 9.35. The number of rotatable bonds is 7. The number of Topliss-reactive ketones (excluding diaryl/α,β-unsaturated/α-hetero) is 1. The van der Waals surface area contributed by atoms with Gasteiger partial charge in [-0.05, 0) is 48.2 Å². The summed E-state index contributed by atoms with van der Waals surface area (Å²) in [7, 11) is 0. The second-order valence-corrected chi connectivity index (χ2v) is 7.45. The van der Waals surface area contributed by atoms with E-state index >= 15 is 0 Å². The van der Waals surface area contributed by atoms with E-state index in [1.165, 1.54) is 0 Å². The topological polar surface area (TPSA) is 72.5 Å². The van der Waals surface area contributed by atoms with Crippen LogP contribution in [0.2, 0.25) is 0 Å². The van der Waals surface area contributed by atoms with Crippen LogP contribution in [0, 0.1) is 20.8 Å². The van der Waals surface area contributed by atoms with E-state index in [0.717, 1.165) is 33.0 Å². The van der Waals surface area contributed by atoms with Crippen molar-refractivity contribution in [2.75, 3.05) is 13.2 Å². The minimum Gasteiger partial charge on any atom is -0.456 e. The highest BCUT2D eigenvalue weighted by Gasteiger charge is 2.16. The Kier molecular flexibility index (Phi) is 6.62. The van der Waals surface area contributed by atoms with Crippen LogP contribution in [0.3, 0.4) is 0 Å². The Bertz CT molecular complexity index is 1090. The summed E-state index contributed by atoms with van der Waals surface area (Å²) in [5.74, 6) is -1.17. The van der Waals surface area contributed by atoms with Crippen molar-refractivity contribution in [2.45, 2.75) is 27.2 Å². The molecule has 5 heteroatoms. The molecule has 0 radical (unpaired) electrons. The maximum absolute atomic E-state index is 12.4. The third-order valence-electron chi connectivity index (χ3n) is 4.98. The Hall–Kier alpha value is -3.47. The summed E-state index contributed by atoms with van der Waals surface area (Å²) in [6.45, 7) is 5.08. The zero-order valence-electron chi connectivity index (χ0n) is 17.5. The molecule has 0 unspecified atom stereocenters. The van der Waals surface area contributed by atoms with Gasteiger partial charge in [-0.15, -0.1) is 0 Å². The number of hydrogen-bond donors (Lipinski definition) is 1. The van der Waals surface area contributed by atoms with Crippen LogP contribution < -0.4 is 5.32 Å². The molecule has 154 valence electrons. The van der Waals surface area contributed by atoms with Crippen molar-refractivity contribution in [1.29, 1.82) is 0 Å². The van der Waals surface area contributed by atoms with Crippen molar-refractivity contribution >= 4 is 28.4 Å². The third-order valence-corrected chi connectivity index (χ3v) is 4.98. The first kappa shape index (κ1) is 21.2. The lowest BCUT2D eigenvalue weighted by molar-refractivity contribution is -0.142. The molecule has 0 bridgehead atoms. The molecule has 5 nitrogen and oxygen atoms in total. The average molecular weight is 403 g/mol. The molecule has 3 aromatic rings. The molecule has 0 saturated carbocycles. The van der Waals surface area contributed by atoms with Crippen molar-refractivity contribution in [2.24, 2.45) is 0 Å². The Labute approximate surface area is 176 Å². The molecule has 0 heterocycles. The number of aryl methyl sites for hydroxylation is 3. The molecule has 30 heavy (non-hydrogen) atoms. The van der Waals surface area contributed by atoms with E-state index in [1.54, 1.807) is 0 Å². The molecule has 0 aliphatic heterocycles. The molecule has 0 fully saturated rings. The molecule has 1 amide bonds. The number of carbonyl (C=O) groups excluding carboxylic acids is 3. The fourth-order valence-corrected chi connectivity index (χ4v) is 3.74. The van der Waals surface area contributed by atoms with Crippen LogP contribution in [0.15, 0.2) is 54.6 Å². The standard InChI is InChI=1S/C25H25NO4/c1-16-11-17(2)25(18(3)12-16)22(27)15-30-24(29)14-26-23(28)13-20-9-6-8-19-7-4-5-10-21(19)20/h4-12H,13-15H2,1-3H3,(H,26,28). The van der Waals surface area contributed by atoms with Crippen LogP contribution in [0.5, 0.6) is 0 Å². The number of carbonyl (C=O) groups is 3. The van der Waals surface area contributed by atoms with E-state index in [-0.39, 0.29) is 31.3 Å². The van der Waals surface area contributed by atoms with E-state index in [2.05, 4.69) is 5.32 Å². The Morgan fingerprint density at radius 1 is 0.900 bits per heavy atom. The number of esters is 1. The molecule has 0 atom stereocenters. The van der Waals surface area contributed by atoms with Gasteiger partial charge in [0, 0.05) is 5.56 Å². The summed E-state index contributed by atoms with van der Waals surface area (Å²) < 4.78 is 5.07. The Morgan fingerprint density at radius 3 is 2.30 bits per heavy atom. The zero-order valence-corrected chi connectivity index (χ0v) is 17.5. The van der Waals surface area contributed by atoms with Crippen LogP contribution in [-0.2, 0) is 20.7 Å². The first-order chi connectivity index (χ1) is 14.3. The molecule has 0 aliphatic rings. The van der Waals surface area contributed by atoms with E-state index in [1.807, 2.05) is 75.4 Å². The van der Waals surface area contributed by atoms with Gasteiger partial charge in [0.1, 0.15) is 6.54 Å². The average Bonchev–Trinajstić information content (AvgIpc) is 2.70. The van der Waals surface area contributed by atoms with E-state index in [0.29, 0.717) is 5.56 Å². The number of fused-ring (bicyclic) bond motifs is 1. The number of ketones is 1. The highest BCUT2D eigenvalue weighted by molar-refractivity contribution is 6.00. The van der Waals surface area contributed by atoms with Crippen LogP contribution in [0.25, 0.3) is 10.8 Å². The second-order valence-electron chi connectivity index (χ2n) is 7.45. The van der Waals surface area contributed by atoms with Gasteiger partial charge >= 0.3 is 5.97 Å². The predicted octanol–water partition coefficient (Wildman–Crippen LogP) is 3.85. The summed E-state index contributed by atoms with van der Waals surface area (Å²) in [5.41, 5.74) is 4.26. The van der Waals surface area contributed by atoms with E-state index in [4.69, 9.17) is 4.74 Å².